The minimum atomic E-state index is -4.55. The van der Waals surface area contributed by atoms with Crippen LogP contribution in [-0.4, -0.2) is 71.8 Å². The molecule has 0 spiro atoms. The number of nitrogens with zero attached hydrogens (tertiary/aromatic N) is 7. The molecule has 2 atom stereocenters. The summed E-state index contributed by atoms with van der Waals surface area (Å²) in [5, 5.41) is 19.0. The van der Waals surface area contributed by atoms with Gasteiger partial charge in [0.1, 0.15) is 11.9 Å². The standard InChI is InChI=1S/C28H27F5N8O2/c29-23(30)15-39-12-18(2-4-24(39)42)21-9-19(13-41-26(21)37-27(34)38-41)20-11-36-40(14-20)25(16-5-7-43-8-6-16)17-1-3-22(35-10-17)28(31,32)33/h1-4,9-14,16,23-25,42H,5-8,15H2,(H2,34,38). The Bertz CT molecular complexity index is 1660. The second-order valence-corrected chi connectivity index (χ2v) is 10.4. The van der Waals surface area contributed by atoms with E-state index in [4.69, 9.17) is 10.5 Å². The van der Waals surface area contributed by atoms with Gasteiger partial charge in [-0.15, -0.1) is 5.10 Å². The van der Waals surface area contributed by atoms with Crippen LogP contribution in [0.3, 0.4) is 0 Å². The van der Waals surface area contributed by atoms with E-state index in [0.717, 1.165) is 11.0 Å². The van der Waals surface area contributed by atoms with Gasteiger partial charge in [-0.3, -0.25) is 9.67 Å². The molecule has 0 aromatic carbocycles. The lowest BCUT2D eigenvalue weighted by Gasteiger charge is -2.30. The number of halogens is 5. The van der Waals surface area contributed by atoms with E-state index < -0.39 is 37.1 Å². The van der Waals surface area contributed by atoms with E-state index in [2.05, 4.69) is 20.2 Å². The number of nitrogen functional groups attached to an aromatic ring is 1. The summed E-state index contributed by atoms with van der Waals surface area (Å²) in [5.41, 5.74) is 8.24. The fourth-order valence-electron chi connectivity index (χ4n) is 5.51. The number of allylic oxidation sites excluding steroid dienone is 2. The number of anilines is 1. The maximum atomic E-state index is 13.2. The topological polar surface area (TPSA) is 120 Å². The minimum Gasteiger partial charge on any atom is -0.381 e. The molecular formula is C28H27F5N8O2. The lowest BCUT2D eigenvalue weighted by Crippen LogP contribution is -2.34. The quantitative estimate of drug-likeness (QED) is 0.299. The fourth-order valence-corrected chi connectivity index (χ4v) is 5.51. The van der Waals surface area contributed by atoms with Crippen molar-refractivity contribution in [2.24, 2.45) is 5.92 Å². The van der Waals surface area contributed by atoms with Gasteiger partial charge in [-0.25, -0.2) is 13.3 Å². The third-order valence-corrected chi connectivity index (χ3v) is 7.55. The van der Waals surface area contributed by atoms with Gasteiger partial charge in [-0.05, 0) is 42.5 Å². The molecule has 15 heteroatoms. The predicted octanol–water partition coefficient (Wildman–Crippen LogP) is 4.40. The monoisotopic (exact) mass is 602 g/mol. The zero-order chi connectivity index (χ0) is 30.3. The van der Waals surface area contributed by atoms with E-state index in [9.17, 15) is 27.1 Å². The second-order valence-electron chi connectivity index (χ2n) is 10.4. The van der Waals surface area contributed by atoms with Crippen LogP contribution in [0.4, 0.5) is 27.9 Å². The summed E-state index contributed by atoms with van der Waals surface area (Å²) in [4.78, 5) is 9.09. The number of aliphatic hydroxyl groups is 1. The van der Waals surface area contributed by atoms with Crippen molar-refractivity contribution < 1.29 is 31.8 Å². The lowest BCUT2D eigenvalue weighted by molar-refractivity contribution is -0.141. The number of aromatic nitrogens is 6. The Morgan fingerprint density at radius 1 is 1.09 bits per heavy atom. The SMILES string of the molecule is Nc1nc2c(C3=CN(CC(F)F)C(O)C=C3)cc(-c3cnn(C(c4ccc(C(F)(F)F)nc4)C4CCOCC4)c3)cn2n1. The van der Waals surface area contributed by atoms with Crippen molar-refractivity contribution in [1.29, 1.82) is 0 Å². The van der Waals surface area contributed by atoms with E-state index in [1.165, 1.54) is 29.1 Å². The summed E-state index contributed by atoms with van der Waals surface area (Å²) in [6.07, 6.45) is 3.77. The highest BCUT2D eigenvalue weighted by atomic mass is 19.4. The Hall–Kier alpha value is -4.37. The molecule has 0 amide bonds. The number of ether oxygens (including phenoxy) is 1. The Morgan fingerprint density at radius 2 is 1.88 bits per heavy atom. The molecule has 226 valence electrons. The van der Waals surface area contributed by atoms with Crippen molar-refractivity contribution in [2.45, 2.75) is 37.7 Å². The van der Waals surface area contributed by atoms with Gasteiger partial charge in [0.2, 0.25) is 5.95 Å². The van der Waals surface area contributed by atoms with Crippen LogP contribution >= 0.6 is 0 Å². The van der Waals surface area contributed by atoms with Crippen LogP contribution in [0.5, 0.6) is 0 Å². The first-order chi connectivity index (χ1) is 20.6. The van der Waals surface area contributed by atoms with Crippen LogP contribution in [-0.2, 0) is 10.9 Å². The third kappa shape index (κ3) is 5.95. The van der Waals surface area contributed by atoms with E-state index in [-0.39, 0.29) is 11.9 Å². The highest BCUT2D eigenvalue weighted by Crippen LogP contribution is 2.36. The molecule has 2 unspecified atom stereocenters. The maximum absolute atomic E-state index is 13.2. The van der Waals surface area contributed by atoms with Crippen molar-refractivity contribution in [1.82, 2.24) is 34.3 Å². The van der Waals surface area contributed by atoms with Gasteiger partial charge >= 0.3 is 6.18 Å². The van der Waals surface area contributed by atoms with Crippen LogP contribution in [0.15, 0.2) is 61.3 Å². The largest absolute Gasteiger partial charge is 0.433 e. The smallest absolute Gasteiger partial charge is 0.381 e. The van der Waals surface area contributed by atoms with Gasteiger partial charge in [0.25, 0.3) is 6.43 Å². The summed E-state index contributed by atoms with van der Waals surface area (Å²) in [6, 6.07) is 3.80. The highest BCUT2D eigenvalue weighted by Gasteiger charge is 2.34. The summed E-state index contributed by atoms with van der Waals surface area (Å²) < 4.78 is 74.6. The Balaban J connectivity index is 1.40. The van der Waals surface area contributed by atoms with Crippen LogP contribution in [0.2, 0.25) is 0 Å². The van der Waals surface area contributed by atoms with E-state index >= 15 is 0 Å². The van der Waals surface area contributed by atoms with E-state index in [1.807, 2.05) is 0 Å². The van der Waals surface area contributed by atoms with Crippen molar-refractivity contribution in [3.8, 4) is 11.1 Å². The molecule has 1 saturated heterocycles. The summed E-state index contributed by atoms with van der Waals surface area (Å²) >= 11 is 0. The van der Waals surface area contributed by atoms with E-state index in [1.54, 1.807) is 35.4 Å². The molecule has 1 fully saturated rings. The lowest BCUT2D eigenvalue weighted by atomic mass is 9.87. The Kier molecular flexibility index (Phi) is 7.60. The maximum Gasteiger partial charge on any atom is 0.433 e. The van der Waals surface area contributed by atoms with E-state index in [0.29, 0.717) is 59.5 Å². The average molecular weight is 603 g/mol. The minimum absolute atomic E-state index is 0.00772. The number of hydrogen-bond acceptors (Lipinski definition) is 8. The Labute approximate surface area is 241 Å². The van der Waals surface area contributed by atoms with Gasteiger partial charge in [0.05, 0.1) is 18.8 Å². The molecule has 6 rings (SSSR count). The number of hydrogen-bond donors (Lipinski definition) is 2. The molecule has 43 heavy (non-hydrogen) atoms. The first kappa shape index (κ1) is 28.7. The second kappa shape index (κ2) is 11.4. The number of aliphatic hydroxyl groups excluding tert-OH is 1. The van der Waals surface area contributed by atoms with Crippen LogP contribution in [0.25, 0.3) is 22.3 Å². The van der Waals surface area contributed by atoms with Gasteiger partial charge < -0.3 is 20.5 Å². The normalized spacial score (nSPS) is 18.9. The molecule has 6 heterocycles. The fraction of sp³-hybridized carbons (Fsp3) is 0.357. The first-order valence-corrected chi connectivity index (χ1v) is 13.5. The third-order valence-electron chi connectivity index (χ3n) is 7.55. The van der Waals surface area contributed by atoms with Crippen molar-refractivity contribution >= 4 is 17.2 Å². The van der Waals surface area contributed by atoms with Crippen LogP contribution in [0, 0.1) is 5.92 Å². The molecule has 4 aromatic heterocycles. The molecule has 4 aromatic rings. The molecule has 10 nitrogen and oxygen atoms in total. The number of nitrogens with two attached hydrogens (primary N) is 1. The Morgan fingerprint density at radius 3 is 2.58 bits per heavy atom. The van der Waals surface area contributed by atoms with Crippen LogP contribution in [0.1, 0.15) is 35.7 Å². The molecule has 2 aliphatic rings. The molecule has 0 radical (unpaired) electrons. The summed E-state index contributed by atoms with van der Waals surface area (Å²) in [6.45, 7) is 0.382. The number of pyridine rings is 2. The molecule has 0 bridgehead atoms. The zero-order valence-electron chi connectivity index (χ0n) is 22.6. The molecule has 0 aliphatic carbocycles. The molecule has 2 aliphatic heterocycles. The molecule has 3 N–H and O–H groups in total. The van der Waals surface area contributed by atoms with Crippen molar-refractivity contribution in [3.63, 3.8) is 0 Å². The highest BCUT2D eigenvalue weighted by molar-refractivity contribution is 5.85. The van der Waals surface area contributed by atoms with Gasteiger partial charge in [-0.2, -0.15) is 23.3 Å². The van der Waals surface area contributed by atoms with Crippen molar-refractivity contribution in [3.05, 3.63) is 78.2 Å². The summed E-state index contributed by atoms with van der Waals surface area (Å²) in [7, 11) is 0. The molecule has 0 saturated carbocycles. The first-order valence-electron chi connectivity index (χ1n) is 13.5. The number of rotatable bonds is 7. The molecular weight excluding hydrogens is 575 g/mol. The number of fused-ring (bicyclic) bond motifs is 1. The average Bonchev–Trinajstić information content (AvgIpc) is 3.60. The van der Waals surface area contributed by atoms with Gasteiger partial charge in [0, 0.05) is 60.3 Å². The van der Waals surface area contributed by atoms with Gasteiger partial charge in [0.15, 0.2) is 5.65 Å². The van der Waals surface area contributed by atoms with Crippen LogP contribution < -0.4 is 5.73 Å². The van der Waals surface area contributed by atoms with Gasteiger partial charge in [-0.1, -0.05) is 12.1 Å². The van der Waals surface area contributed by atoms with Crippen molar-refractivity contribution in [2.75, 3.05) is 25.5 Å². The predicted molar refractivity (Wildman–Crippen MR) is 145 cm³/mol. The zero-order valence-corrected chi connectivity index (χ0v) is 22.6. The summed E-state index contributed by atoms with van der Waals surface area (Å²) in [5.74, 6) is 0.0475. The number of alkyl halides is 5.